The Kier molecular flexibility index (Phi) is 5.16. The van der Waals surface area contributed by atoms with Crippen LogP contribution >= 0.6 is 0 Å². The van der Waals surface area contributed by atoms with Crippen molar-refractivity contribution in [3.63, 3.8) is 0 Å². The first-order chi connectivity index (χ1) is 14.0. The van der Waals surface area contributed by atoms with Gasteiger partial charge in [-0.1, -0.05) is 0 Å². The van der Waals surface area contributed by atoms with Gasteiger partial charge in [0.05, 0.1) is 6.26 Å². The molecule has 8 heteroatoms. The Hall–Kier alpha value is -3.42. The van der Waals surface area contributed by atoms with Crippen molar-refractivity contribution in [1.82, 2.24) is 14.7 Å². The van der Waals surface area contributed by atoms with Crippen LogP contribution in [-0.2, 0) is 4.79 Å². The predicted octanol–water partition coefficient (Wildman–Crippen LogP) is 2.55. The standard InChI is InChI=1S/C21H21FN4O3/c1-15(26-20(27)9-8-18(23-26)19-3-2-14-29-19)21(28)25-12-10-24(11-13-25)17-6-4-16(22)5-7-17/h2-9,14-15H,10-13H2,1H3. The Balaban J connectivity index is 1.46. The highest BCUT2D eigenvalue weighted by Crippen LogP contribution is 2.19. The van der Waals surface area contributed by atoms with Crippen molar-refractivity contribution in [2.75, 3.05) is 31.1 Å². The highest BCUT2D eigenvalue weighted by atomic mass is 19.1. The number of anilines is 1. The summed E-state index contributed by atoms with van der Waals surface area (Å²) in [6.07, 6.45) is 1.53. The number of hydrogen-bond acceptors (Lipinski definition) is 5. The van der Waals surface area contributed by atoms with Crippen LogP contribution in [0.5, 0.6) is 0 Å². The summed E-state index contributed by atoms with van der Waals surface area (Å²) < 4.78 is 19.6. The molecule has 0 N–H and O–H groups in total. The lowest BCUT2D eigenvalue weighted by Crippen LogP contribution is -2.51. The first-order valence-electron chi connectivity index (χ1n) is 9.46. The molecule has 2 aromatic heterocycles. The highest BCUT2D eigenvalue weighted by molar-refractivity contribution is 5.80. The molecular formula is C21H21FN4O3. The number of nitrogens with zero attached hydrogens (tertiary/aromatic N) is 4. The fourth-order valence-corrected chi connectivity index (χ4v) is 3.46. The summed E-state index contributed by atoms with van der Waals surface area (Å²) >= 11 is 0. The van der Waals surface area contributed by atoms with Crippen LogP contribution in [0.2, 0.25) is 0 Å². The van der Waals surface area contributed by atoms with Gasteiger partial charge in [-0.3, -0.25) is 9.59 Å². The number of furan rings is 1. The minimum Gasteiger partial charge on any atom is -0.463 e. The summed E-state index contributed by atoms with van der Waals surface area (Å²) in [6, 6.07) is 12.1. The van der Waals surface area contributed by atoms with Crippen LogP contribution in [0.3, 0.4) is 0 Å². The predicted molar refractivity (Wildman–Crippen MR) is 106 cm³/mol. The Morgan fingerprint density at radius 1 is 1.07 bits per heavy atom. The fraction of sp³-hybridized carbons (Fsp3) is 0.286. The zero-order valence-electron chi connectivity index (χ0n) is 16.0. The Morgan fingerprint density at radius 3 is 2.45 bits per heavy atom. The lowest BCUT2D eigenvalue weighted by molar-refractivity contribution is -0.135. The normalized spacial score (nSPS) is 15.4. The van der Waals surface area contributed by atoms with Crippen LogP contribution in [0.15, 0.2) is 64.0 Å². The van der Waals surface area contributed by atoms with Crippen molar-refractivity contribution < 1.29 is 13.6 Å². The zero-order chi connectivity index (χ0) is 20.4. The number of aromatic nitrogens is 2. The molecule has 1 atom stereocenters. The lowest BCUT2D eigenvalue weighted by Gasteiger charge is -2.37. The number of piperazine rings is 1. The maximum atomic E-state index is 13.1. The van der Waals surface area contributed by atoms with Gasteiger partial charge in [0, 0.05) is 37.9 Å². The van der Waals surface area contributed by atoms with Crippen molar-refractivity contribution in [3.8, 4) is 11.5 Å². The lowest BCUT2D eigenvalue weighted by atomic mass is 10.2. The average Bonchev–Trinajstić information content (AvgIpc) is 3.29. The third-order valence-corrected chi connectivity index (χ3v) is 5.11. The van der Waals surface area contributed by atoms with Gasteiger partial charge in [0.25, 0.3) is 5.56 Å². The summed E-state index contributed by atoms with van der Waals surface area (Å²) in [5.41, 5.74) is 1.08. The van der Waals surface area contributed by atoms with Gasteiger partial charge < -0.3 is 14.2 Å². The number of hydrogen-bond donors (Lipinski definition) is 0. The Bertz CT molecular complexity index is 1040. The molecule has 1 aliphatic heterocycles. The molecule has 1 aliphatic rings. The number of carbonyl (C=O) groups excluding carboxylic acids is 1. The maximum Gasteiger partial charge on any atom is 0.267 e. The molecule has 1 unspecified atom stereocenters. The maximum absolute atomic E-state index is 13.1. The quantitative estimate of drug-likeness (QED) is 0.678. The van der Waals surface area contributed by atoms with E-state index in [-0.39, 0.29) is 17.3 Å². The number of benzene rings is 1. The Labute approximate surface area is 167 Å². The second-order valence-corrected chi connectivity index (χ2v) is 6.94. The topological polar surface area (TPSA) is 71.6 Å². The second kappa shape index (κ2) is 7.90. The highest BCUT2D eigenvalue weighted by Gasteiger charge is 2.27. The molecule has 29 heavy (non-hydrogen) atoms. The third-order valence-electron chi connectivity index (χ3n) is 5.11. The van der Waals surface area contributed by atoms with E-state index >= 15 is 0 Å². The van der Waals surface area contributed by atoms with Gasteiger partial charge >= 0.3 is 0 Å². The fourth-order valence-electron chi connectivity index (χ4n) is 3.46. The Morgan fingerprint density at radius 2 is 1.79 bits per heavy atom. The molecule has 3 heterocycles. The second-order valence-electron chi connectivity index (χ2n) is 6.94. The van der Waals surface area contributed by atoms with Gasteiger partial charge in [-0.2, -0.15) is 5.10 Å². The molecule has 1 fully saturated rings. The summed E-state index contributed by atoms with van der Waals surface area (Å²) in [5, 5.41) is 4.32. The molecule has 1 amide bonds. The van der Waals surface area contributed by atoms with Crippen molar-refractivity contribution in [3.05, 3.63) is 71.0 Å². The van der Waals surface area contributed by atoms with E-state index in [1.54, 1.807) is 42.2 Å². The SMILES string of the molecule is CC(C(=O)N1CCN(c2ccc(F)cc2)CC1)n1nc(-c2ccco2)ccc1=O. The van der Waals surface area contributed by atoms with E-state index in [1.165, 1.54) is 29.1 Å². The van der Waals surface area contributed by atoms with Gasteiger partial charge in [0.1, 0.15) is 17.6 Å². The molecule has 7 nitrogen and oxygen atoms in total. The van der Waals surface area contributed by atoms with Crippen LogP contribution in [0, 0.1) is 5.82 Å². The van der Waals surface area contributed by atoms with Gasteiger partial charge in [-0.25, -0.2) is 9.07 Å². The molecular weight excluding hydrogens is 375 g/mol. The van der Waals surface area contributed by atoms with E-state index in [9.17, 15) is 14.0 Å². The summed E-state index contributed by atoms with van der Waals surface area (Å²) in [5.74, 6) is 0.104. The molecule has 0 bridgehead atoms. The number of halogens is 1. The molecule has 0 aliphatic carbocycles. The van der Waals surface area contributed by atoms with Crippen LogP contribution in [0.25, 0.3) is 11.5 Å². The summed E-state index contributed by atoms with van der Waals surface area (Å²) in [7, 11) is 0. The van der Waals surface area contributed by atoms with Gasteiger partial charge in [-0.15, -0.1) is 0 Å². The van der Waals surface area contributed by atoms with E-state index in [4.69, 9.17) is 4.42 Å². The van der Waals surface area contributed by atoms with Gasteiger partial charge in [0.2, 0.25) is 5.91 Å². The molecule has 0 spiro atoms. The van der Waals surface area contributed by atoms with E-state index in [0.717, 1.165) is 5.69 Å². The van der Waals surface area contributed by atoms with E-state index < -0.39 is 6.04 Å². The first kappa shape index (κ1) is 18.9. The average molecular weight is 396 g/mol. The van der Waals surface area contributed by atoms with Crippen LogP contribution in [-0.4, -0.2) is 46.8 Å². The number of carbonyl (C=O) groups is 1. The summed E-state index contributed by atoms with van der Waals surface area (Å²) in [4.78, 5) is 29.1. The largest absolute Gasteiger partial charge is 0.463 e. The molecule has 0 saturated carbocycles. The van der Waals surface area contributed by atoms with Crippen molar-refractivity contribution >= 4 is 11.6 Å². The van der Waals surface area contributed by atoms with E-state index in [2.05, 4.69) is 10.00 Å². The van der Waals surface area contributed by atoms with E-state index in [0.29, 0.717) is 37.6 Å². The van der Waals surface area contributed by atoms with Crippen LogP contribution < -0.4 is 10.5 Å². The smallest absolute Gasteiger partial charge is 0.267 e. The number of rotatable bonds is 4. The minimum atomic E-state index is -0.727. The van der Waals surface area contributed by atoms with Crippen molar-refractivity contribution in [2.24, 2.45) is 0 Å². The summed E-state index contributed by atoms with van der Waals surface area (Å²) in [6.45, 7) is 3.99. The van der Waals surface area contributed by atoms with Crippen molar-refractivity contribution in [2.45, 2.75) is 13.0 Å². The first-order valence-corrected chi connectivity index (χ1v) is 9.46. The molecule has 0 radical (unpaired) electrons. The van der Waals surface area contributed by atoms with E-state index in [1.807, 2.05) is 0 Å². The molecule has 3 aromatic rings. The molecule has 150 valence electrons. The van der Waals surface area contributed by atoms with Gasteiger partial charge in [-0.05, 0) is 49.4 Å². The molecule has 1 saturated heterocycles. The zero-order valence-corrected chi connectivity index (χ0v) is 16.0. The van der Waals surface area contributed by atoms with Crippen LogP contribution in [0.4, 0.5) is 10.1 Å². The van der Waals surface area contributed by atoms with Crippen molar-refractivity contribution in [1.29, 1.82) is 0 Å². The number of amides is 1. The third kappa shape index (κ3) is 3.91. The van der Waals surface area contributed by atoms with Gasteiger partial charge in [0.15, 0.2) is 5.76 Å². The molecule has 4 rings (SSSR count). The van der Waals surface area contributed by atoms with Crippen LogP contribution in [0.1, 0.15) is 13.0 Å². The monoisotopic (exact) mass is 396 g/mol. The molecule has 1 aromatic carbocycles. The minimum absolute atomic E-state index is 0.157.